The van der Waals surface area contributed by atoms with Crippen LogP contribution < -0.4 is 4.90 Å². The molecule has 130 valence electrons. The fourth-order valence-corrected chi connectivity index (χ4v) is 4.50. The molecule has 4 rings (SSSR count). The highest BCUT2D eigenvalue weighted by atomic mass is 16.4. The van der Waals surface area contributed by atoms with Crippen LogP contribution in [0.1, 0.15) is 22.0 Å². The first-order valence-corrected chi connectivity index (χ1v) is 8.36. The summed E-state index contributed by atoms with van der Waals surface area (Å²) >= 11 is 0. The molecule has 4 atom stereocenters. The van der Waals surface area contributed by atoms with Gasteiger partial charge in [0, 0.05) is 37.0 Å². The summed E-state index contributed by atoms with van der Waals surface area (Å²) in [6.45, 7) is 1.03. The van der Waals surface area contributed by atoms with Crippen molar-refractivity contribution in [2.45, 2.75) is 12.0 Å². The molecule has 0 unspecified atom stereocenters. The van der Waals surface area contributed by atoms with Crippen LogP contribution in [-0.2, 0) is 0 Å². The summed E-state index contributed by atoms with van der Waals surface area (Å²) in [6, 6.07) is 13.2. The van der Waals surface area contributed by atoms with Crippen molar-refractivity contribution in [3.05, 3.63) is 59.9 Å². The highest BCUT2D eigenvalue weighted by Gasteiger charge is 2.71. The summed E-state index contributed by atoms with van der Waals surface area (Å²) in [7, 11) is 0. The molecule has 2 aromatic rings. The van der Waals surface area contributed by atoms with Gasteiger partial charge < -0.3 is 20.2 Å². The first-order chi connectivity index (χ1) is 12.1. The predicted molar refractivity (Wildman–Crippen MR) is 91.6 cm³/mol. The number of aliphatic hydroxyl groups excluding tert-OH is 2. The molecule has 2 aliphatic rings. The van der Waals surface area contributed by atoms with Crippen molar-refractivity contribution in [2.24, 2.45) is 11.3 Å². The number of benzene rings is 1. The summed E-state index contributed by atoms with van der Waals surface area (Å²) in [5.41, 5.74) is 1.46. The molecule has 2 fully saturated rings. The van der Waals surface area contributed by atoms with Crippen molar-refractivity contribution >= 4 is 11.7 Å². The Balaban J connectivity index is 1.63. The van der Waals surface area contributed by atoms with E-state index < -0.39 is 12.1 Å². The van der Waals surface area contributed by atoms with Crippen LogP contribution in [0.15, 0.2) is 48.7 Å². The van der Waals surface area contributed by atoms with Crippen molar-refractivity contribution in [1.82, 2.24) is 4.98 Å². The first kappa shape index (κ1) is 16.1. The Bertz CT molecular complexity index is 797. The molecule has 1 aromatic carbocycles. The van der Waals surface area contributed by atoms with Gasteiger partial charge in [-0.05, 0) is 29.5 Å². The van der Waals surface area contributed by atoms with Crippen molar-refractivity contribution in [3.63, 3.8) is 0 Å². The minimum Gasteiger partial charge on any atom is -0.477 e. The number of hydrogen-bond donors (Lipinski definition) is 3. The summed E-state index contributed by atoms with van der Waals surface area (Å²) < 4.78 is 0. The van der Waals surface area contributed by atoms with Gasteiger partial charge in [-0.15, -0.1) is 0 Å². The highest BCUT2D eigenvalue weighted by Crippen LogP contribution is 2.68. The van der Waals surface area contributed by atoms with E-state index >= 15 is 0 Å². The topological polar surface area (TPSA) is 93.9 Å². The lowest BCUT2D eigenvalue weighted by atomic mass is 9.95. The normalized spacial score (nSPS) is 30.6. The number of hydrogen-bond acceptors (Lipinski definition) is 5. The predicted octanol–water partition coefficient (Wildman–Crippen LogP) is 1.35. The number of pyridine rings is 1. The maximum absolute atomic E-state index is 11.1. The quantitative estimate of drug-likeness (QED) is 0.778. The third-order valence-electron chi connectivity index (χ3n) is 5.72. The number of aromatic nitrogens is 1. The molecule has 6 heteroatoms. The van der Waals surface area contributed by atoms with Gasteiger partial charge in [0.05, 0.1) is 6.10 Å². The van der Waals surface area contributed by atoms with E-state index in [1.54, 1.807) is 6.07 Å². The van der Waals surface area contributed by atoms with Crippen molar-refractivity contribution < 1.29 is 20.1 Å². The molecule has 1 spiro atoms. The molecule has 1 aromatic heterocycles. The summed E-state index contributed by atoms with van der Waals surface area (Å²) in [5, 5.41) is 29.7. The number of carbonyl (C=O) groups is 1. The molecule has 0 bridgehead atoms. The van der Waals surface area contributed by atoms with Crippen molar-refractivity contribution in [2.75, 3.05) is 24.6 Å². The highest BCUT2D eigenvalue weighted by molar-refractivity contribution is 5.86. The number of β-amino-alcohol motifs (C(OH)–C–C–N with tert-alkyl or cyclic N) is 1. The fourth-order valence-electron chi connectivity index (χ4n) is 4.50. The Morgan fingerprint density at radius 3 is 2.72 bits per heavy atom. The zero-order valence-corrected chi connectivity index (χ0v) is 13.6. The summed E-state index contributed by atoms with van der Waals surface area (Å²) in [6.07, 6.45) is 0.901. The zero-order valence-electron chi connectivity index (χ0n) is 13.6. The maximum Gasteiger partial charge on any atom is 0.354 e. The van der Waals surface area contributed by atoms with Gasteiger partial charge in [-0.2, -0.15) is 0 Å². The van der Waals surface area contributed by atoms with Crippen LogP contribution >= 0.6 is 0 Å². The SMILES string of the molecule is O=C(O)c1cc(N2C[C@@H](O)[C@@]3(C2)[C@H](CO)[C@H]3c2ccccc2)ccn1. The monoisotopic (exact) mass is 340 g/mol. The summed E-state index contributed by atoms with van der Waals surface area (Å²) in [5.74, 6) is -0.951. The van der Waals surface area contributed by atoms with E-state index in [0.29, 0.717) is 13.1 Å². The van der Waals surface area contributed by atoms with Gasteiger partial charge in [0.1, 0.15) is 5.69 Å². The molecular formula is C19H20N2O4. The molecule has 1 saturated carbocycles. The van der Waals surface area contributed by atoms with Gasteiger partial charge in [0.15, 0.2) is 0 Å². The Kier molecular flexibility index (Phi) is 3.74. The van der Waals surface area contributed by atoms with Gasteiger partial charge in [-0.1, -0.05) is 30.3 Å². The van der Waals surface area contributed by atoms with Crippen LogP contribution in [0.2, 0.25) is 0 Å². The number of nitrogens with zero attached hydrogens (tertiary/aromatic N) is 2. The van der Waals surface area contributed by atoms with Crippen LogP contribution in [0.4, 0.5) is 5.69 Å². The number of carboxylic acids is 1. The number of anilines is 1. The smallest absolute Gasteiger partial charge is 0.354 e. The second kappa shape index (κ2) is 5.82. The maximum atomic E-state index is 11.1. The molecule has 3 N–H and O–H groups in total. The lowest BCUT2D eigenvalue weighted by Gasteiger charge is -2.19. The van der Waals surface area contributed by atoms with E-state index in [2.05, 4.69) is 4.98 Å². The molecule has 25 heavy (non-hydrogen) atoms. The molecule has 6 nitrogen and oxygen atoms in total. The van der Waals surface area contributed by atoms with Gasteiger partial charge in [-0.25, -0.2) is 9.78 Å². The van der Waals surface area contributed by atoms with Crippen LogP contribution in [-0.4, -0.2) is 52.1 Å². The van der Waals surface area contributed by atoms with E-state index in [1.807, 2.05) is 35.2 Å². The number of carboxylic acid groups (broad SMARTS) is 1. The van der Waals surface area contributed by atoms with E-state index in [4.69, 9.17) is 5.11 Å². The first-order valence-electron chi connectivity index (χ1n) is 8.36. The second-order valence-corrected chi connectivity index (χ2v) is 6.89. The van der Waals surface area contributed by atoms with E-state index in [-0.39, 0.29) is 29.6 Å². The lowest BCUT2D eigenvalue weighted by molar-refractivity contribution is 0.0690. The third kappa shape index (κ3) is 2.41. The number of rotatable bonds is 4. The molecule has 0 amide bonds. The standard InChI is InChI=1S/C19H20N2O4/c22-10-14-17(12-4-2-1-3-5-12)19(14)11-21(9-16(19)23)13-6-7-20-15(8-13)18(24)25/h1-8,14,16-17,22-23H,9-11H2,(H,24,25)/t14-,16-,17-,19-/m1/s1. The second-order valence-electron chi connectivity index (χ2n) is 6.89. The third-order valence-corrected chi connectivity index (χ3v) is 5.72. The fraction of sp³-hybridized carbons (Fsp3) is 0.368. The Morgan fingerprint density at radius 2 is 2.04 bits per heavy atom. The largest absolute Gasteiger partial charge is 0.477 e. The van der Waals surface area contributed by atoms with Gasteiger partial charge in [0.25, 0.3) is 0 Å². The molecular weight excluding hydrogens is 320 g/mol. The van der Waals surface area contributed by atoms with E-state index in [9.17, 15) is 15.0 Å². The average molecular weight is 340 g/mol. The number of aromatic carboxylic acids is 1. The van der Waals surface area contributed by atoms with Crippen LogP contribution in [0.25, 0.3) is 0 Å². The van der Waals surface area contributed by atoms with E-state index in [1.165, 1.54) is 12.3 Å². The Labute approximate surface area is 145 Å². The molecule has 1 aliphatic carbocycles. The Hall–Kier alpha value is -2.44. The lowest BCUT2D eigenvalue weighted by Crippen LogP contribution is -2.23. The minimum absolute atomic E-state index is 0.00989. The van der Waals surface area contributed by atoms with Crippen molar-refractivity contribution in [1.29, 1.82) is 0 Å². The van der Waals surface area contributed by atoms with Gasteiger partial charge in [0.2, 0.25) is 0 Å². The van der Waals surface area contributed by atoms with Crippen LogP contribution in [0.3, 0.4) is 0 Å². The van der Waals surface area contributed by atoms with Crippen LogP contribution in [0.5, 0.6) is 0 Å². The summed E-state index contributed by atoms with van der Waals surface area (Å²) in [4.78, 5) is 17.0. The minimum atomic E-state index is -1.07. The Morgan fingerprint density at radius 1 is 1.28 bits per heavy atom. The number of aliphatic hydroxyl groups is 2. The molecule has 1 saturated heterocycles. The average Bonchev–Trinajstić information content (AvgIpc) is 3.17. The molecule has 0 radical (unpaired) electrons. The van der Waals surface area contributed by atoms with Crippen LogP contribution in [0, 0.1) is 11.3 Å². The van der Waals surface area contributed by atoms with Crippen molar-refractivity contribution in [3.8, 4) is 0 Å². The molecule has 1 aliphatic heterocycles. The van der Waals surface area contributed by atoms with E-state index in [0.717, 1.165) is 11.3 Å². The molecule has 2 heterocycles. The zero-order chi connectivity index (χ0) is 17.6. The van der Waals surface area contributed by atoms with Gasteiger partial charge in [-0.3, -0.25) is 0 Å². The van der Waals surface area contributed by atoms with Gasteiger partial charge >= 0.3 is 5.97 Å².